The Bertz CT molecular complexity index is 1580. The van der Waals surface area contributed by atoms with Gasteiger partial charge in [-0.15, -0.1) is 11.3 Å². The molecule has 4 aromatic rings. The van der Waals surface area contributed by atoms with Crippen molar-refractivity contribution in [3.63, 3.8) is 0 Å². The standard InChI is InChI=1S/C25H17BrCl2N4OS.ClH/c1-13-4-3-5-20(14(13)2)30-25-32(22(12-34-25)15-6-8-18(27)19(28)10-15)31-23-17-11-16(26)7-9-21(17)29-24(23)33;/h3-12H,1-2H3,(H,29,31,33);1H/p-1. The second kappa shape index (κ2) is 10.3. The van der Waals surface area contributed by atoms with Gasteiger partial charge in [-0.05, 0) is 61.4 Å². The van der Waals surface area contributed by atoms with Gasteiger partial charge in [-0.3, -0.25) is 4.79 Å². The normalized spacial score (nSPS) is 14.1. The highest BCUT2D eigenvalue weighted by molar-refractivity contribution is 9.10. The van der Waals surface area contributed by atoms with E-state index in [0.29, 0.717) is 26.2 Å². The number of carbonyl (C=O) groups excluding carboxylic acids is 1. The van der Waals surface area contributed by atoms with E-state index in [9.17, 15) is 4.79 Å². The van der Waals surface area contributed by atoms with Gasteiger partial charge >= 0.3 is 0 Å². The lowest BCUT2D eigenvalue weighted by Crippen LogP contribution is -3.00. The van der Waals surface area contributed by atoms with Crippen LogP contribution < -0.4 is 22.5 Å². The first-order valence-corrected chi connectivity index (χ1v) is 12.7. The van der Waals surface area contributed by atoms with Crippen molar-refractivity contribution in [3.8, 4) is 11.3 Å². The van der Waals surface area contributed by atoms with Crippen LogP contribution in [0.2, 0.25) is 10.0 Å². The number of aryl methyl sites for hydroxylation is 1. The molecule has 0 radical (unpaired) electrons. The van der Waals surface area contributed by atoms with Crippen LogP contribution in [0.3, 0.4) is 0 Å². The minimum atomic E-state index is -0.274. The number of fused-ring (bicyclic) bond motifs is 1. The van der Waals surface area contributed by atoms with Gasteiger partial charge < -0.3 is 17.7 Å². The van der Waals surface area contributed by atoms with Crippen molar-refractivity contribution in [1.82, 2.24) is 4.68 Å². The maximum atomic E-state index is 12.8. The van der Waals surface area contributed by atoms with E-state index in [1.807, 2.05) is 48.7 Å². The first-order chi connectivity index (χ1) is 16.3. The molecule has 1 amide bonds. The van der Waals surface area contributed by atoms with Gasteiger partial charge in [-0.25, -0.2) is 9.67 Å². The molecule has 2 heterocycles. The quantitative estimate of drug-likeness (QED) is 0.370. The van der Waals surface area contributed by atoms with E-state index in [0.717, 1.165) is 38.1 Å². The number of anilines is 1. The Kier molecular flexibility index (Phi) is 7.54. The summed E-state index contributed by atoms with van der Waals surface area (Å²) in [4.78, 5) is 18.4. The number of thiazole rings is 1. The molecule has 5 rings (SSSR count). The van der Waals surface area contributed by atoms with Crippen LogP contribution in [0.15, 0.2) is 74.5 Å². The van der Waals surface area contributed by atoms with E-state index < -0.39 is 0 Å². The fourth-order valence-electron chi connectivity index (χ4n) is 3.61. The molecule has 5 nitrogen and oxygen atoms in total. The number of hydrogen-bond acceptors (Lipinski definition) is 4. The lowest BCUT2D eigenvalue weighted by Gasteiger charge is -2.07. The molecule has 0 saturated carbocycles. The van der Waals surface area contributed by atoms with Crippen LogP contribution in [0.1, 0.15) is 16.7 Å². The molecule has 1 N–H and O–H groups in total. The summed E-state index contributed by atoms with van der Waals surface area (Å²) in [5, 5.41) is 10.5. The maximum absolute atomic E-state index is 12.8. The Morgan fingerprint density at radius 1 is 1.03 bits per heavy atom. The first kappa shape index (κ1) is 25.7. The van der Waals surface area contributed by atoms with Crippen molar-refractivity contribution < 1.29 is 17.2 Å². The summed E-state index contributed by atoms with van der Waals surface area (Å²) in [5.41, 5.74) is 6.37. The van der Waals surface area contributed by atoms with Gasteiger partial charge in [0.1, 0.15) is 0 Å². The number of nitrogens with zero attached hydrogens (tertiary/aromatic N) is 3. The minimum Gasteiger partial charge on any atom is -1.00 e. The summed E-state index contributed by atoms with van der Waals surface area (Å²) in [7, 11) is 0. The minimum absolute atomic E-state index is 0. The van der Waals surface area contributed by atoms with E-state index in [2.05, 4.69) is 34.2 Å². The largest absolute Gasteiger partial charge is 1.00 e. The number of amides is 1. The van der Waals surface area contributed by atoms with Gasteiger partial charge in [0.15, 0.2) is 5.71 Å². The molecule has 0 unspecified atom stereocenters. The lowest BCUT2D eigenvalue weighted by atomic mass is 10.1. The van der Waals surface area contributed by atoms with E-state index in [4.69, 9.17) is 33.3 Å². The molecule has 0 atom stereocenters. The summed E-state index contributed by atoms with van der Waals surface area (Å²) in [6, 6.07) is 17.0. The van der Waals surface area contributed by atoms with Crippen molar-refractivity contribution in [2.24, 2.45) is 10.1 Å². The number of aromatic nitrogens is 1. The molecule has 0 spiro atoms. The number of carbonyl (C=O) groups is 1. The zero-order valence-corrected chi connectivity index (χ0v) is 23.1. The highest BCUT2D eigenvalue weighted by atomic mass is 79.9. The van der Waals surface area contributed by atoms with Gasteiger partial charge in [0.25, 0.3) is 5.91 Å². The van der Waals surface area contributed by atoms with Crippen LogP contribution in [-0.2, 0) is 4.79 Å². The van der Waals surface area contributed by atoms with E-state index in [-0.39, 0.29) is 18.3 Å². The Labute approximate surface area is 230 Å². The number of benzene rings is 3. The smallest absolute Gasteiger partial charge is 0.276 e. The second-order valence-corrected chi connectivity index (χ2v) is 10.3. The van der Waals surface area contributed by atoms with E-state index in [1.54, 1.807) is 16.8 Å². The molecule has 0 fully saturated rings. The third-order valence-corrected chi connectivity index (χ3v) is 7.64. The fourth-order valence-corrected chi connectivity index (χ4v) is 5.11. The van der Waals surface area contributed by atoms with Gasteiger partial charge in [0.2, 0.25) is 4.80 Å². The lowest BCUT2D eigenvalue weighted by molar-refractivity contribution is -0.110. The molecule has 1 aliphatic heterocycles. The zero-order valence-electron chi connectivity index (χ0n) is 18.4. The Balaban J connectivity index is 0.00000289. The molecule has 35 heavy (non-hydrogen) atoms. The number of nitrogens with one attached hydrogen (secondary N) is 1. The van der Waals surface area contributed by atoms with Crippen molar-refractivity contribution in [3.05, 3.63) is 96.0 Å². The molecular formula is C25H17BrCl3N4OS-. The predicted octanol–water partition coefficient (Wildman–Crippen LogP) is 4.34. The molecule has 1 aliphatic rings. The van der Waals surface area contributed by atoms with Crippen LogP contribution in [0.25, 0.3) is 11.3 Å². The number of halogens is 4. The van der Waals surface area contributed by atoms with Crippen molar-refractivity contribution in [1.29, 1.82) is 0 Å². The molecule has 0 aliphatic carbocycles. The number of rotatable bonds is 3. The number of hydrogen-bond donors (Lipinski definition) is 1. The molecule has 1 aromatic heterocycles. The van der Waals surface area contributed by atoms with Crippen LogP contribution >= 0.6 is 50.5 Å². The summed E-state index contributed by atoms with van der Waals surface area (Å²) in [6.07, 6.45) is 0. The van der Waals surface area contributed by atoms with Gasteiger partial charge in [-0.1, -0.05) is 57.3 Å². The first-order valence-electron chi connectivity index (χ1n) is 10.3. The van der Waals surface area contributed by atoms with Crippen LogP contribution in [-0.4, -0.2) is 16.3 Å². The fraction of sp³-hybridized carbons (Fsp3) is 0.0800. The monoisotopic (exact) mass is 605 g/mol. The van der Waals surface area contributed by atoms with Crippen molar-refractivity contribution in [2.45, 2.75) is 13.8 Å². The maximum Gasteiger partial charge on any atom is 0.276 e. The van der Waals surface area contributed by atoms with Crippen molar-refractivity contribution in [2.75, 3.05) is 5.32 Å². The Morgan fingerprint density at radius 3 is 2.60 bits per heavy atom. The van der Waals surface area contributed by atoms with Gasteiger partial charge in [-0.2, -0.15) is 5.10 Å². The summed E-state index contributed by atoms with van der Waals surface area (Å²) < 4.78 is 2.55. The molecular weight excluding hydrogens is 591 g/mol. The summed E-state index contributed by atoms with van der Waals surface area (Å²) in [5.74, 6) is -0.274. The Hall–Kier alpha value is -2.42. The van der Waals surface area contributed by atoms with Gasteiger partial charge in [0.05, 0.1) is 27.1 Å². The third-order valence-electron chi connectivity index (χ3n) is 5.59. The SMILES string of the molecule is Cc1cccc(N=c2scc(-c3ccc(Cl)c(Cl)c3)n2/N=C2/C(=O)Nc3ccc(Br)cc32)c1C.[Cl-]. The molecule has 0 saturated heterocycles. The van der Waals surface area contributed by atoms with E-state index in [1.165, 1.54) is 11.3 Å². The van der Waals surface area contributed by atoms with Crippen LogP contribution in [0.5, 0.6) is 0 Å². The third kappa shape index (κ3) is 4.97. The molecule has 0 bridgehead atoms. The Morgan fingerprint density at radius 2 is 1.83 bits per heavy atom. The van der Waals surface area contributed by atoms with Gasteiger partial charge in [0, 0.05) is 21.0 Å². The molecule has 10 heteroatoms. The predicted molar refractivity (Wildman–Crippen MR) is 144 cm³/mol. The van der Waals surface area contributed by atoms with Crippen molar-refractivity contribution >= 4 is 73.5 Å². The zero-order chi connectivity index (χ0) is 24.0. The molecule has 3 aromatic carbocycles. The average Bonchev–Trinajstić information content (AvgIpc) is 3.34. The second-order valence-electron chi connectivity index (χ2n) is 7.77. The average molecular weight is 608 g/mol. The van der Waals surface area contributed by atoms with Crippen LogP contribution in [0, 0.1) is 13.8 Å². The summed E-state index contributed by atoms with van der Waals surface area (Å²) >= 11 is 17.4. The topological polar surface area (TPSA) is 58.8 Å². The van der Waals surface area contributed by atoms with E-state index >= 15 is 0 Å². The summed E-state index contributed by atoms with van der Waals surface area (Å²) in [6.45, 7) is 4.09. The molecule has 178 valence electrons. The van der Waals surface area contributed by atoms with Crippen LogP contribution in [0.4, 0.5) is 11.4 Å². The highest BCUT2D eigenvalue weighted by Gasteiger charge is 2.27. The highest BCUT2D eigenvalue weighted by Crippen LogP contribution is 2.31.